The van der Waals surface area contributed by atoms with Gasteiger partial charge in [0, 0.05) is 23.8 Å². The minimum absolute atomic E-state index is 0.0162. The number of aliphatic hydroxyl groups is 1. The molecule has 1 aromatic heterocycles. The van der Waals surface area contributed by atoms with E-state index < -0.39 is 12.1 Å². The van der Waals surface area contributed by atoms with Crippen molar-refractivity contribution in [1.29, 1.82) is 0 Å². The third-order valence-electron chi connectivity index (χ3n) is 4.36. The van der Waals surface area contributed by atoms with Crippen molar-refractivity contribution in [3.05, 3.63) is 52.3 Å². The lowest BCUT2D eigenvalue weighted by atomic mass is 10.0. The van der Waals surface area contributed by atoms with Crippen LogP contribution in [0.25, 0.3) is 6.08 Å². The van der Waals surface area contributed by atoms with Gasteiger partial charge in [0.15, 0.2) is 0 Å². The molecule has 0 radical (unpaired) electrons. The van der Waals surface area contributed by atoms with E-state index in [9.17, 15) is 14.7 Å². The molecule has 1 fully saturated rings. The first kappa shape index (κ1) is 20.1. The molecule has 0 aromatic carbocycles. The van der Waals surface area contributed by atoms with Crippen LogP contribution in [0.3, 0.4) is 0 Å². The molecule has 1 amide bonds. The number of hydrogen-bond donors (Lipinski definition) is 2. The lowest BCUT2D eigenvalue weighted by Gasteiger charge is -2.21. The number of allylic oxidation sites excluding steroid dienone is 1. The van der Waals surface area contributed by atoms with Crippen LogP contribution in [0.2, 0.25) is 0 Å². The van der Waals surface area contributed by atoms with Gasteiger partial charge in [0.2, 0.25) is 5.91 Å². The minimum Gasteiger partial charge on any atom is -0.477 e. The molecule has 1 saturated heterocycles. The monoisotopic (exact) mass is 375 g/mol. The molecule has 0 spiro atoms. The minimum atomic E-state index is -0.930. The molecule has 1 aliphatic rings. The van der Waals surface area contributed by atoms with E-state index in [1.54, 1.807) is 23.1 Å². The van der Waals surface area contributed by atoms with E-state index in [1.165, 1.54) is 11.3 Å². The highest BCUT2D eigenvalue weighted by molar-refractivity contribution is 7.14. The first-order chi connectivity index (χ1) is 12.4. The molecule has 1 aromatic rings. The second kappa shape index (κ2) is 9.50. The summed E-state index contributed by atoms with van der Waals surface area (Å²) in [5.41, 5.74) is 0. The first-order valence-corrected chi connectivity index (χ1v) is 9.52. The van der Waals surface area contributed by atoms with Gasteiger partial charge in [0.25, 0.3) is 0 Å². The van der Waals surface area contributed by atoms with E-state index in [1.807, 2.05) is 44.2 Å². The fourth-order valence-electron chi connectivity index (χ4n) is 2.87. The molecule has 0 bridgehead atoms. The number of likely N-dealkylation sites (tertiary alicyclic amines) is 1. The lowest BCUT2D eigenvalue weighted by molar-refractivity contribution is -0.127. The molecule has 3 atom stereocenters. The summed E-state index contributed by atoms with van der Waals surface area (Å²) in [6.07, 6.45) is 11.9. The van der Waals surface area contributed by atoms with Crippen molar-refractivity contribution < 1.29 is 19.8 Å². The third kappa shape index (κ3) is 5.41. The highest BCUT2D eigenvalue weighted by Crippen LogP contribution is 2.22. The van der Waals surface area contributed by atoms with Gasteiger partial charge in [-0.05, 0) is 31.6 Å². The maximum absolute atomic E-state index is 12.1. The van der Waals surface area contributed by atoms with Crippen LogP contribution in [0, 0.1) is 5.92 Å². The summed E-state index contributed by atoms with van der Waals surface area (Å²) >= 11 is 1.20. The lowest BCUT2D eigenvalue weighted by Crippen LogP contribution is -2.32. The van der Waals surface area contributed by atoms with E-state index in [4.69, 9.17) is 5.11 Å². The van der Waals surface area contributed by atoms with Gasteiger partial charge in [-0.15, -0.1) is 11.3 Å². The molecule has 0 aliphatic carbocycles. The van der Waals surface area contributed by atoms with Crippen LogP contribution in [0.4, 0.5) is 0 Å². The van der Waals surface area contributed by atoms with Crippen molar-refractivity contribution in [2.24, 2.45) is 5.92 Å². The quantitative estimate of drug-likeness (QED) is 0.681. The molecule has 2 N–H and O–H groups in total. The number of carbonyl (C=O) groups is 2. The zero-order valence-electron chi connectivity index (χ0n) is 15.0. The van der Waals surface area contributed by atoms with E-state index in [0.717, 1.165) is 11.3 Å². The number of carboxylic acids is 1. The fraction of sp³-hybridized carbons (Fsp3) is 0.400. The Bertz CT molecular complexity index is 719. The van der Waals surface area contributed by atoms with E-state index in [2.05, 4.69) is 0 Å². The van der Waals surface area contributed by atoms with Gasteiger partial charge in [0.05, 0.1) is 12.1 Å². The van der Waals surface area contributed by atoms with Gasteiger partial charge in [-0.2, -0.15) is 0 Å². The second-order valence-corrected chi connectivity index (χ2v) is 7.44. The average molecular weight is 375 g/mol. The molecular formula is C20H25NO4S. The smallest absolute Gasteiger partial charge is 0.345 e. The van der Waals surface area contributed by atoms with Crippen molar-refractivity contribution in [2.45, 2.75) is 38.8 Å². The number of aromatic carboxylic acids is 1. The fourth-order valence-corrected chi connectivity index (χ4v) is 3.65. The second-order valence-electron chi connectivity index (χ2n) is 6.32. The summed E-state index contributed by atoms with van der Waals surface area (Å²) in [4.78, 5) is 25.9. The zero-order chi connectivity index (χ0) is 19.1. The zero-order valence-corrected chi connectivity index (χ0v) is 15.9. The number of nitrogens with zero attached hydrogens (tertiary/aromatic N) is 1. The maximum atomic E-state index is 12.1. The van der Waals surface area contributed by atoms with Crippen LogP contribution in [0.15, 0.2) is 42.5 Å². The number of carbonyl (C=O) groups excluding carboxylic acids is 1. The Balaban J connectivity index is 1.96. The van der Waals surface area contributed by atoms with Crippen LogP contribution in [0.1, 0.15) is 41.2 Å². The van der Waals surface area contributed by atoms with Crippen molar-refractivity contribution in [3.8, 4) is 0 Å². The Labute approximate surface area is 158 Å². The summed E-state index contributed by atoms with van der Waals surface area (Å²) in [6.45, 7) is 4.33. The van der Waals surface area contributed by atoms with Gasteiger partial charge in [0.1, 0.15) is 4.88 Å². The predicted molar refractivity (Wildman–Crippen MR) is 104 cm³/mol. The van der Waals surface area contributed by atoms with Crippen LogP contribution >= 0.6 is 11.3 Å². The van der Waals surface area contributed by atoms with Crippen molar-refractivity contribution in [3.63, 3.8) is 0 Å². The van der Waals surface area contributed by atoms with Crippen LogP contribution < -0.4 is 0 Å². The van der Waals surface area contributed by atoms with Crippen molar-refractivity contribution in [2.75, 3.05) is 6.54 Å². The Hall–Kier alpha value is -2.18. The van der Waals surface area contributed by atoms with Gasteiger partial charge < -0.3 is 15.1 Å². The molecular weight excluding hydrogens is 350 g/mol. The molecule has 2 rings (SSSR count). The highest BCUT2D eigenvalue weighted by atomic mass is 32.1. The third-order valence-corrected chi connectivity index (χ3v) is 5.40. The van der Waals surface area contributed by atoms with Crippen molar-refractivity contribution >= 4 is 29.3 Å². The van der Waals surface area contributed by atoms with Crippen LogP contribution in [-0.4, -0.2) is 45.7 Å². The number of thiophene rings is 1. The van der Waals surface area contributed by atoms with Gasteiger partial charge in [-0.25, -0.2) is 4.79 Å². The van der Waals surface area contributed by atoms with Crippen molar-refractivity contribution in [1.82, 2.24) is 4.90 Å². The maximum Gasteiger partial charge on any atom is 0.345 e. The average Bonchev–Trinajstić information content (AvgIpc) is 3.21. The van der Waals surface area contributed by atoms with Crippen LogP contribution in [-0.2, 0) is 4.79 Å². The SMILES string of the molecule is C/C=C/C(C)[C@H](O)/C=C/C1CCC(=O)N1C/C=C\c1ccc(C(=O)O)s1. The van der Waals surface area contributed by atoms with E-state index >= 15 is 0 Å². The molecule has 2 heterocycles. The topological polar surface area (TPSA) is 77.8 Å². The molecule has 5 nitrogen and oxygen atoms in total. The predicted octanol–water partition coefficient (Wildman–Crippen LogP) is 3.58. The molecule has 26 heavy (non-hydrogen) atoms. The Morgan fingerprint density at radius 2 is 2.19 bits per heavy atom. The Kier molecular flexibility index (Phi) is 7.36. The summed E-state index contributed by atoms with van der Waals surface area (Å²) in [5, 5.41) is 19.1. The largest absolute Gasteiger partial charge is 0.477 e. The van der Waals surface area contributed by atoms with E-state index in [-0.39, 0.29) is 17.9 Å². The Morgan fingerprint density at radius 1 is 1.42 bits per heavy atom. The normalized spacial score (nSPS) is 20.7. The number of carboxylic acid groups (broad SMARTS) is 1. The number of hydrogen-bond acceptors (Lipinski definition) is 4. The molecule has 2 unspecified atom stereocenters. The molecule has 6 heteroatoms. The van der Waals surface area contributed by atoms with Gasteiger partial charge in [-0.3, -0.25) is 4.79 Å². The summed E-state index contributed by atoms with van der Waals surface area (Å²) < 4.78 is 0. The number of aliphatic hydroxyl groups excluding tert-OH is 1. The number of amides is 1. The summed E-state index contributed by atoms with van der Waals surface area (Å²) in [6, 6.07) is 3.32. The summed E-state index contributed by atoms with van der Waals surface area (Å²) in [5.74, 6) is -0.804. The Morgan fingerprint density at radius 3 is 2.85 bits per heavy atom. The first-order valence-electron chi connectivity index (χ1n) is 8.70. The van der Waals surface area contributed by atoms with Gasteiger partial charge in [-0.1, -0.05) is 37.3 Å². The number of rotatable bonds is 8. The van der Waals surface area contributed by atoms with E-state index in [0.29, 0.717) is 17.8 Å². The molecule has 140 valence electrons. The van der Waals surface area contributed by atoms with Crippen LogP contribution in [0.5, 0.6) is 0 Å². The highest BCUT2D eigenvalue weighted by Gasteiger charge is 2.28. The standard InChI is InChI=1S/C20H25NO4S/c1-3-5-14(2)17(22)10-7-15-8-12-19(23)21(15)13-4-6-16-9-11-18(26-16)20(24)25/h3-7,9-11,14-15,17,22H,8,12-13H2,1-2H3,(H,24,25)/b5-3+,6-4-,10-7+/t14?,15?,17-/m1/s1. The van der Waals surface area contributed by atoms with Gasteiger partial charge >= 0.3 is 5.97 Å². The molecule has 1 aliphatic heterocycles. The summed E-state index contributed by atoms with van der Waals surface area (Å²) in [7, 11) is 0. The molecule has 0 saturated carbocycles.